The lowest BCUT2D eigenvalue weighted by Crippen LogP contribution is -2.49. The van der Waals surface area contributed by atoms with Crippen molar-refractivity contribution in [2.45, 2.75) is 64.0 Å². The van der Waals surface area contributed by atoms with Crippen LogP contribution < -0.4 is 5.32 Å². The molecular formula is C26H34ClN3O2. The number of carbonyl (C=O) groups excluding carboxylic acids is 1. The maximum Gasteiger partial charge on any atom is 0.410 e. The lowest BCUT2D eigenvalue weighted by Gasteiger charge is -2.42. The standard InChI is InChI=1S/C26H34ClN3O2/c1-25(2,3)32-24(31)30-13-11-26(12-14-30,16-19-9-10-23(27)28-17-19)18-29-22-15-21(22)20-7-5-4-6-8-20/h4-10,17,21-22,29H,11-16,18H2,1-3H3. The molecule has 32 heavy (non-hydrogen) atoms. The van der Waals surface area contributed by atoms with Crippen LogP contribution in [0.4, 0.5) is 4.79 Å². The predicted molar refractivity (Wildman–Crippen MR) is 128 cm³/mol. The highest BCUT2D eigenvalue weighted by Gasteiger charge is 2.42. The molecule has 1 saturated heterocycles. The summed E-state index contributed by atoms with van der Waals surface area (Å²) in [6, 6.07) is 15.2. The number of pyridine rings is 1. The number of amides is 1. The number of rotatable bonds is 6. The Balaban J connectivity index is 1.40. The van der Waals surface area contributed by atoms with Gasteiger partial charge in [0.1, 0.15) is 10.8 Å². The van der Waals surface area contributed by atoms with Gasteiger partial charge in [-0.25, -0.2) is 9.78 Å². The lowest BCUT2D eigenvalue weighted by atomic mass is 9.74. The van der Waals surface area contributed by atoms with Gasteiger partial charge in [-0.3, -0.25) is 0 Å². The van der Waals surface area contributed by atoms with E-state index in [4.69, 9.17) is 16.3 Å². The summed E-state index contributed by atoms with van der Waals surface area (Å²) in [6.07, 6.45) is 5.66. The summed E-state index contributed by atoms with van der Waals surface area (Å²) in [5.74, 6) is 0.604. The summed E-state index contributed by atoms with van der Waals surface area (Å²) in [5.41, 5.74) is 2.22. The summed E-state index contributed by atoms with van der Waals surface area (Å²) in [6.45, 7) is 8.10. The molecule has 2 unspecified atom stereocenters. The average molecular weight is 456 g/mol. The van der Waals surface area contributed by atoms with Crippen molar-refractivity contribution in [3.8, 4) is 0 Å². The number of benzene rings is 1. The molecule has 2 aromatic rings. The van der Waals surface area contributed by atoms with Gasteiger partial charge in [-0.05, 0) is 69.1 Å². The fraction of sp³-hybridized carbons (Fsp3) is 0.538. The molecule has 0 spiro atoms. The molecule has 172 valence electrons. The van der Waals surface area contributed by atoms with Gasteiger partial charge in [0.15, 0.2) is 0 Å². The van der Waals surface area contributed by atoms with Crippen LogP contribution in [0.15, 0.2) is 48.7 Å². The molecule has 2 heterocycles. The molecule has 1 aromatic heterocycles. The number of likely N-dealkylation sites (tertiary alicyclic amines) is 1. The van der Waals surface area contributed by atoms with Crippen molar-refractivity contribution < 1.29 is 9.53 Å². The van der Waals surface area contributed by atoms with E-state index in [1.54, 1.807) is 0 Å². The van der Waals surface area contributed by atoms with Gasteiger partial charge in [-0.1, -0.05) is 48.0 Å². The Morgan fingerprint density at radius 3 is 2.53 bits per heavy atom. The summed E-state index contributed by atoms with van der Waals surface area (Å²) in [4.78, 5) is 18.7. The number of ether oxygens (including phenoxy) is 1. The molecule has 2 atom stereocenters. The van der Waals surface area contributed by atoms with E-state index < -0.39 is 5.60 Å². The maximum atomic E-state index is 12.6. The van der Waals surface area contributed by atoms with Crippen molar-refractivity contribution in [2.75, 3.05) is 19.6 Å². The molecule has 1 aliphatic carbocycles. The number of halogens is 1. The van der Waals surface area contributed by atoms with Crippen LogP contribution in [-0.4, -0.2) is 47.3 Å². The van der Waals surface area contributed by atoms with Crippen molar-refractivity contribution >= 4 is 17.7 Å². The van der Waals surface area contributed by atoms with Crippen molar-refractivity contribution in [2.24, 2.45) is 5.41 Å². The molecule has 4 rings (SSSR count). The van der Waals surface area contributed by atoms with E-state index in [0.717, 1.165) is 25.8 Å². The van der Waals surface area contributed by atoms with E-state index in [-0.39, 0.29) is 11.5 Å². The highest BCUT2D eigenvalue weighted by atomic mass is 35.5. The minimum Gasteiger partial charge on any atom is -0.444 e. The van der Waals surface area contributed by atoms with Gasteiger partial charge in [-0.15, -0.1) is 0 Å². The largest absolute Gasteiger partial charge is 0.444 e. The van der Waals surface area contributed by atoms with E-state index in [2.05, 4.69) is 46.7 Å². The zero-order valence-electron chi connectivity index (χ0n) is 19.3. The molecule has 1 N–H and O–H groups in total. The van der Waals surface area contributed by atoms with Gasteiger partial charge in [0.25, 0.3) is 0 Å². The Morgan fingerprint density at radius 2 is 1.91 bits per heavy atom. The fourth-order valence-electron chi connectivity index (χ4n) is 4.69. The molecule has 2 fully saturated rings. The number of piperidine rings is 1. The van der Waals surface area contributed by atoms with Crippen molar-refractivity contribution in [1.29, 1.82) is 0 Å². The first kappa shape index (κ1) is 23.1. The Labute approximate surface area is 196 Å². The number of nitrogens with one attached hydrogen (secondary N) is 1. The second kappa shape index (κ2) is 9.40. The van der Waals surface area contributed by atoms with Crippen LogP contribution in [-0.2, 0) is 11.2 Å². The normalized spacial score (nSPS) is 22.4. The predicted octanol–water partition coefficient (Wildman–Crippen LogP) is 5.44. The minimum atomic E-state index is -0.472. The van der Waals surface area contributed by atoms with Gasteiger partial charge in [0, 0.05) is 37.8 Å². The summed E-state index contributed by atoms with van der Waals surface area (Å²) >= 11 is 6.00. The smallest absolute Gasteiger partial charge is 0.410 e. The van der Waals surface area contributed by atoms with Gasteiger partial charge in [0.2, 0.25) is 0 Å². The highest BCUT2D eigenvalue weighted by molar-refractivity contribution is 6.29. The van der Waals surface area contributed by atoms with Crippen molar-refractivity contribution in [1.82, 2.24) is 15.2 Å². The van der Waals surface area contributed by atoms with Gasteiger partial charge < -0.3 is 15.0 Å². The number of aromatic nitrogens is 1. The molecule has 2 aliphatic rings. The third kappa shape index (κ3) is 6.02. The number of carbonyl (C=O) groups is 1. The Bertz CT molecular complexity index is 903. The van der Waals surface area contributed by atoms with E-state index in [0.29, 0.717) is 30.2 Å². The zero-order chi connectivity index (χ0) is 22.8. The van der Waals surface area contributed by atoms with E-state index in [9.17, 15) is 4.79 Å². The first-order chi connectivity index (χ1) is 15.2. The maximum absolute atomic E-state index is 12.6. The summed E-state index contributed by atoms with van der Waals surface area (Å²) in [7, 11) is 0. The SMILES string of the molecule is CC(C)(C)OC(=O)N1CCC(CNC2CC2c2ccccc2)(Cc2ccc(Cl)nc2)CC1. The Kier molecular flexibility index (Phi) is 6.78. The molecule has 0 radical (unpaired) electrons. The van der Waals surface area contributed by atoms with Crippen molar-refractivity contribution in [3.63, 3.8) is 0 Å². The number of nitrogens with zero attached hydrogens (tertiary/aromatic N) is 2. The monoisotopic (exact) mass is 455 g/mol. The van der Waals surface area contributed by atoms with Crippen LogP contribution in [0.2, 0.25) is 5.15 Å². The van der Waals surface area contributed by atoms with Crippen LogP contribution in [0.3, 0.4) is 0 Å². The van der Waals surface area contributed by atoms with Gasteiger partial charge in [-0.2, -0.15) is 0 Å². The topological polar surface area (TPSA) is 54.5 Å². The first-order valence-corrected chi connectivity index (χ1v) is 12.0. The first-order valence-electron chi connectivity index (χ1n) is 11.6. The summed E-state index contributed by atoms with van der Waals surface area (Å²) < 4.78 is 5.59. The minimum absolute atomic E-state index is 0.0812. The van der Waals surface area contributed by atoms with Gasteiger partial charge >= 0.3 is 6.09 Å². The number of hydrogen-bond acceptors (Lipinski definition) is 4. The Morgan fingerprint density at radius 1 is 1.19 bits per heavy atom. The fourth-order valence-corrected chi connectivity index (χ4v) is 4.80. The molecule has 6 heteroatoms. The lowest BCUT2D eigenvalue weighted by molar-refractivity contribution is 0.00990. The van der Waals surface area contributed by atoms with Gasteiger partial charge in [0.05, 0.1) is 0 Å². The second-order valence-corrected chi connectivity index (χ2v) is 10.8. The molecule has 1 aliphatic heterocycles. The molecule has 5 nitrogen and oxygen atoms in total. The van der Waals surface area contributed by atoms with Crippen LogP contribution in [0.1, 0.15) is 57.1 Å². The molecule has 1 amide bonds. The Hall–Kier alpha value is -2.11. The highest BCUT2D eigenvalue weighted by Crippen LogP contribution is 2.42. The molecule has 0 bridgehead atoms. The van der Waals surface area contributed by atoms with Crippen molar-refractivity contribution in [3.05, 3.63) is 64.9 Å². The molecule has 1 aromatic carbocycles. The van der Waals surface area contributed by atoms with Crippen LogP contribution in [0, 0.1) is 5.41 Å². The van der Waals surface area contributed by atoms with Crippen LogP contribution in [0.25, 0.3) is 0 Å². The third-order valence-electron chi connectivity index (χ3n) is 6.60. The van der Waals surface area contributed by atoms with E-state index >= 15 is 0 Å². The third-order valence-corrected chi connectivity index (χ3v) is 6.82. The van der Waals surface area contributed by atoms with E-state index in [1.165, 1.54) is 17.5 Å². The molecular weight excluding hydrogens is 422 g/mol. The quantitative estimate of drug-likeness (QED) is 0.589. The second-order valence-electron chi connectivity index (χ2n) is 10.4. The average Bonchev–Trinajstić information content (AvgIpc) is 3.54. The number of hydrogen-bond donors (Lipinski definition) is 1. The molecule has 1 saturated carbocycles. The summed E-state index contributed by atoms with van der Waals surface area (Å²) in [5, 5.41) is 4.37. The van der Waals surface area contributed by atoms with Crippen LogP contribution in [0.5, 0.6) is 0 Å². The van der Waals surface area contributed by atoms with Crippen LogP contribution >= 0.6 is 11.6 Å². The zero-order valence-corrected chi connectivity index (χ0v) is 20.1. The van der Waals surface area contributed by atoms with E-state index in [1.807, 2.05) is 37.9 Å².